The van der Waals surface area contributed by atoms with Gasteiger partial charge in [0.1, 0.15) is 15.9 Å². The number of hydrogen-bond donors (Lipinski definition) is 2. The zero-order valence-corrected chi connectivity index (χ0v) is 18.7. The first-order valence-corrected chi connectivity index (χ1v) is 11.7. The highest BCUT2D eigenvalue weighted by atomic mass is 32.2. The number of aliphatic imine (C=N–C) groups is 1. The van der Waals surface area contributed by atoms with Crippen LogP contribution in [0.25, 0.3) is 11.0 Å². The molecule has 0 spiro atoms. The Morgan fingerprint density at radius 1 is 1.16 bits per heavy atom. The Hall–Kier alpha value is -2.96. The van der Waals surface area contributed by atoms with Crippen LogP contribution >= 0.6 is 11.7 Å². The van der Waals surface area contributed by atoms with Gasteiger partial charge in [-0.2, -0.15) is 8.75 Å². The number of nitrogens with one attached hydrogen (secondary N) is 2. The highest BCUT2D eigenvalue weighted by molar-refractivity contribution is 7.90. The predicted octanol–water partition coefficient (Wildman–Crippen LogP) is 1.41. The fourth-order valence-corrected chi connectivity index (χ4v) is 4.96. The number of fused-ring (bicyclic) bond motifs is 1. The molecule has 1 aliphatic heterocycles. The SMILES string of the molecule is COc1ccc(CCN2CN=C(NS(=O)(=O)c3cccc4nsnc34)NC2)cc1OC. The fourth-order valence-electron chi connectivity index (χ4n) is 3.19. The van der Waals surface area contributed by atoms with Crippen molar-refractivity contribution >= 4 is 38.7 Å². The Bertz CT molecular complexity index is 1210. The number of nitrogens with zero attached hydrogens (tertiary/aromatic N) is 4. The third kappa shape index (κ3) is 4.70. The summed E-state index contributed by atoms with van der Waals surface area (Å²) >= 11 is 0.978. The second-order valence-corrected chi connectivity index (χ2v) is 8.99. The first kappa shape index (κ1) is 21.3. The molecule has 1 aromatic heterocycles. The van der Waals surface area contributed by atoms with Crippen molar-refractivity contribution in [1.82, 2.24) is 23.7 Å². The summed E-state index contributed by atoms with van der Waals surface area (Å²) in [5.41, 5.74) is 2.01. The van der Waals surface area contributed by atoms with Crippen molar-refractivity contribution in [3.05, 3.63) is 42.0 Å². The Morgan fingerprint density at radius 3 is 2.74 bits per heavy atom. The molecule has 0 radical (unpaired) electrons. The number of aromatic nitrogens is 2. The molecule has 164 valence electrons. The van der Waals surface area contributed by atoms with Crippen LogP contribution in [0.2, 0.25) is 0 Å². The van der Waals surface area contributed by atoms with Crippen LogP contribution in [0.1, 0.15) is 5.56 Å². The van der Waals surface area contributed by atoms with Crippen molar-refractivity contribution in [3.63, 3.8) is 0 Å². The van der Waals surface area contributed by atoms with E-state index in [1.165, 1.54) is 6.07 Å². The lowest BCUT2D eigenvalue weighted by Crippen LogP contribution is -2.50. The van der Waals surface area contributed by atoms with Crippen molar-refractivity contribution in [1.29, 1.82) is 0 Å². The number of ether oxygens (including phenoxy) is 2. The molecule has 4 rings (SSSR count). The van der Waals surface area contributed by atoms with E-state index >= 15 is 0 Å². The van der Waals surface area contributed by atoms with Crippen LogP contribution in [0.3, 0.4) is 0 Å². The Morgan fingerprint density at radius 2 is 2.00 bits per heavy atom. The van der Waals surface area contributed by atoms with Crippen LogP contribution < -0.4 is 19.5 Å². The molecule has 10 nitrogen and oxygen atoms in total. The van der Waals surface area contributed by atoms with Crippen LogP contribution in [-0.2, 0) is 16.4 Å². The summed E-state index contributed by atoms with van der Waals surface area (Å²) in [6.07, 6.45) is 0.789. The van der Waals surface area contributed by atoms with Gasteiger partial charge >= 0.3 is 0 Å². The molecular weight excluding hydrogens is 440 g/mol. The topological polar surface area (TPSA) is 118 Å². The zero-order chi connectivity index (χ0) is 21.8. The molecule has 3 aromatic rings. The summed E-state index contributed by atoms with van der Waals surface area (Å²) in [7, 11) is -0.611. The standard InChI is InChI=1S/C19H22N6O4S2/c1-28-15-7-6-13(10-16(15)29-2)8-9-25-11-20-19(21-12-25)24-31(26,27)17-5-3-4-14-18(17)23-30-22-14/h3-7,10H,8-9,11-12H2,1-2H3,(H2,20,21,24). The van der Waals surface area contributed by atoms with Crippen LogP contribution in [0.4, 0.5) is 0 Å². The van der Waals surface area contributed by atoms with Gasteiger partial charge in [0.2, 0.25) is 5.96 Å². The molecule has 0 atom stereocenters. The molecule has 0 saturated heterocycles. The summed E-state index contributed by atoms with van der Waals surface area (Å²) < 4.78 is 46.9. The number of benzene rings is 2. The monoisotopic (exact) mass is 462 g/mol. The summed E-state index contributed by atoms with van der Waals surface area (Å²) in [4.78, 5) is 6.48. The van der Waals surface area contributed by atoms with Gasteiger partial charge in [-0.15, -0.1) is 0 Å². The highest BCUT2D eigenvalue weighted by Gasteiger charge is 2.23. The minimum Gasteiger partial charge on any atom is -0.493 e. The van der Waals surface area contributed by atoms with Crippen LogP contribution in [0.5, 0.6) is 11.5 Å². The molecule has 0 amide bonds. The van der Waals surface area contributed by atoms with Crippen molar-refractivity contribution in [3.8, 4) is 11.5 Å². The fraction of sp³-hybridized carbons (Fsp3) is 0.316. The number of rotatable bonds is 7. The van der Waals surface area contributed by atoms with E-state index in [0.717, 1.165) is 30.3 Å². The Kier molecular flexibility index (Phi) is 6.20. The smallest absolute Gasteiger partial charge is 0.266 e. The molecule has 0 bridgehead atoms. The molecule has 0 fully saturated rings. The van der Waals surface area contributed by atoms with E-state index in [1.54, 1.807) is 26.4 Å². The van der Waals surface area contributed by atoms with Gasteiger partial charge in [-0.05, 0) is 36.2 Å². The van der Waals surface area contributed by atoms with Gasteiger partial charge in [-0.3, -0.25) is 4.90 Å². The second kappa shape index (κ2) is 9.04. The van der Waals surface area contributed by atoms with E-state index in [0.29, 0.717) is 35.9 Å². The van der Waals surface area contributed by atoms with E-state index in [9.17, 15) is 8.42 Å². The van der Waals surface area contributed by atoms with E-state index in [4.69, 9.17) is 9.47 Å². The molecule has 0 aliphatic carbocycles. The van der Waals surface area contributed by atoms with E-state index < -0.39 is 10.0 Å². The normalized spacial score (nSPS) is 14.7. The van der Waals surface area contributed by atoms with Crippen molar-refractivity contribution in [2.24, 2.45) is 4.99 Å². The van der Waals surface area contributed by atoms with Crippen molar-refractivity contribution in [2.45, 2.75) is 11.3 Å². The lowest BCUT2D eigenvalue weighted by molar-refractivity contribution is 0.266. The number of sulfonamides is 1. The predicted molar refractivity (Wildman–Crippen MR) is 118 cm³/mol. The van der Waals surface area contributed by atoms with E-state index in [1.807, 2.05) is 18.2 Å². The lowest BCUT2D eigenvalue weighted by atomic mass is 10.1. The quantitative estimate of drug-likeness (QED) is 0.541. The maximum atomic E-state index is 12.8. The Balaban J connectivity index is 1.37. The number of methoxy groups -OCH3 is 2. The van der Waals surface area contributed by atoms with E-state index in [2.05, 4.69) is 28.7 Å². The second-order valence-electron chi connectivity index (χ2n) is 6.81. The highest BCUT2D eigenvalue weighted by Crippen LogP contribution is 2.27. The number of guanidine groups is 1. The molecule has 31 heavy (non-hydrogen) atoms. The Labute approximate surface area is 184 Å². The molecule has 12 heteroatoms. The zero-order valence-electron chi connectivity index (χ0n) is 17.0. The average Bonchev–Trinajstić information content (AvgIpc) is 3.27. The van der Waals surface area contributed by atoms with Crippen molar-refractivity contribution < 1.29 is 17.9 Å². The molecule has 2 aromatic carbocycles. The van der Waals surface area contributed by atoms with Gasteiger partial charge in [0, 0.05) is 6.54 Å². The van der Waals surface area contributed by atoms with Gasteiger partial charge in [0.25, 0.3) is 10.0 Å². The molecular formula is C19H22N6O4S2. The lowest BCUT2D eigenvalue weighted by Gasteiger charge is -2.27. The summed E-state index contributed by atoms with van der Waals surface area (Å²) in [5, 5.41) is 3.02. The first-order chi connectivity index (χ1) is 15.0. The molecule has 0 unspecified atom stereocenters. The minimum absolute atomic E-state index is 0.0825. The van der Waals surface area contributed by atoms with Gasteiger partial charge in [0.05, 0.1) is 39.3 Å². The third-order valence-electron chi connectivity index (χ3n) is 4.83. The van der Waals surface area contributed by atoms with Crippen LogP contribution in [0.15, 0.2) is 46.3 Å². The molecule has 2 heterocycles. The van der Waals surface area contributed by atoms with Crippen LogP contribution in [0, 0.1) is 0 Å². The third-order valence-corrected chi connectivity index (χ3v) is 6.75. The maximum Gasteiger partial charge on any atom is 0.266 e. The number of hydrogen-bond acceptors (Lipinski definition) is 10. The molecule has 0 saturated carbocycles. The van der Waals surface area contributed by atoms with E-state index in [-0.39, 0.29) is 10.9 Å². The van der Waals surface area contributed by atoms with Gasteiger partial charge in [-0.1, -0.05) is 12.1 Å². The van der Waals surface area contributed by atoms with Gasteiger partial charge in [-0.25, -0.2) is 18.1 Å². The minimum atomic E-state index is -3.83. The van der Waals surface area contributed by atoms with Gasteiger partial charge < -0.3 is 14.8 Å². The largest absolute Gasteiger partial charge is 0.493 e. The first-order valence-electron chi connectivity index (χ1n) is 9.46. The van der Waals surface area contributed by atoms with Gasteiger partial charge in [0.15, 0.2) is 11.5 Å². The summed E-state index contributed by atoms with van der Waals surface area (Å²) in [6, 6.07) is 10.7. The van der Waals surface area contributed by atoms with Crippen molar-refractivity contribution in [2.75, 3.05) is 34.1 Å². The average molecular weight is 463 g/mol. The van der Waals surface area contributed by atoms with Crippen LogP contribution in [-0.4, -0.2) is 62.1 Å². The molecule has 2 N–H and O–H groups in total. The molecule has 1 aliphatic rings. The summed E-state index contributed by atoms with van der Waals surface area (Å²) in [6.45, 7) is 1.59. The maximum absolute atomic E-state index is 12.8. The summed E-state index contributed by atoms with van der Waals surface area (Å²) in [5.74, 6) is 1.59.